The molecule has 0 saturated carbocycles. The molecule has 1 aromatic heterocycles. The number of aromatic nitrogens is 1. The number of anilines is 1. The lowest BCUT2D eigenvalue weighted by Gasteiger charge is -2.22. The Morgan fingerprint density at radius 3 is 2.80 bits per heavy atom. The predicted molar refractivity (Wildman–Crippen MR) is 81.0 cm³/mol. The van der Waals surface area contributed by atoms with Gasteiger partial charge in [0.25, 0.3) is 5.91 Å². The van der Waals surface area contributed by atoms with Gasteiger partial charge in [0, 0.05) is 38.1 Å². The maximum atomic E-state index is 12.5. The lowest BCUT2D eigenvalue weighted by molar-refractivity contribution is 0.0755. The van der Waals surface area contributed by atoms with Crippen LogP contribution in [0, 0.1) is 6.92 Å². The second kappa shape index (κ2) is 8.53. The van der Waals surface area contributed by atoms with Crippen molar-refractivity contribution in [1.82, 2.24) is 9.88 Å². The third kappa shape index (κ3) is 4.49. The molecule has 2 N–H and O–H groups in total. The molecule has 0 unspecified atom stereocenters. The first-order chi connectivity index (χ1) is 9.63. The highest BCUT2D eigenvalue weighted by Crippen LogP contribution is 2.18. The molecule has 1 rings (SSSR count). The van der Waals surface area contributed by atoms with Crippen LogP contribution in [0.4, 0.5) is 5.69 Å². The highest BCUT2D eigenvalue weighted by molar-refractivity contribution is 5.99. The standard InChI is InChI=1S/C15H25N3O2/c1-4-7-16-14-10-12(3)17-11-13(14)15(20)18(5-2)8-6-9-19/h10-11,19H,4-9H2,1-3H3,(H,16,17). The van der Waals surface area contributed by atoms with Gasteiger partial charge in [0.1, 0.15) is 0 Å². The third-order valence-electron chi connectivity index (χ3n) is 3.09. The molecule has 1 aromatic rings. The van der Waals surface area contributed by atoms with Crippen molar-refractivity contribution in [3.63, 3.8) is 0 Å². The van der Waals surface area contributed by atoms with E-state index in [4.69, 9.17) is 5.11 Å². The van der Waals surface area contributed by atoms with Gasteiger partial charge >= 0.3 is 0 Å². The summed E-state index contributed by atoms with van der Waals surface area (Å²) < 4.78 is 0. The number of aryl methyl sites for hydroxylation is 1. The molecule has 112 valence electrons. The van der Waals surface area contributed by atoms with Gasteiger partial charge in [-0.2, -0.15) is 0 Å². The van der Waals surface area contributed by atoms with Crippen LogP contribution in [0.25, 0.3) is 0 Å². The Labute approximate surface area is 121 Å². The molecule has 0 aliphatic rings. The largest absolute Gasteiger partial charge is 0.396 e. The van der Waals surface area contributed by atoms with Crippen molar-refractivity contribution in [1.29, 1.82) is 0 Å². The Hall–Kier alpha value is -1.62. The smallest absolute Gasteiger partial charge is 0.257 e. The van der Waals surface area contributed by atoms with E-state index in [1.54, 1.807) is 11.1 Å². The number of pyridine rings is 1. The maximum absolute atomic E-state index is 12.5. The second-order valence-electron chi connectivity index (χ2n) is 4.76. The topological polar surface area (TPSA) is 65.5 Å². The van der Waals surface area contributed by atoms with E-state index < -0.39 is 0 Å². The Kier molecular flexibility index (Phi) is 7.01. The fourth-order valence-electron chi connectivity index (χ4n) is 1.97. The summed E-state index contributed by atoms with van der Waals surface area (Å²) in [5.74, 6) is -0.0351. The third-order valence-corrected chi connectivity index (χ3v) is 3.09. The molecule has 0 fully saturated rings. The SMILES string of the molecule is CCCNc1cc(C)ncc1C(=O)N(CC)CCCO. The molecular weight excluding hydrogens is 254 g/mol. The lowest BCUT2D eigenvalue weighted by Crippen LogP contribution is -2.33. The number of nitrogens with one attached hydrogen (secondary N) is 1. The van der Waals surface area contributed by atoms with E-state index in [-0.39, 0.29) is 12.5 Å². The van der Waals surface area contributed by atoms with Gasteiger partial charge < -0.3 is 15.3 Å². The normalized spacial score (nSPS) is 10.4. The molecule has 0 aliphatic heterocycles. The number of carbonyl (C=O) groups is 1. The van der Waals surface area contributed by atoms with Crippen molar-refractivity contribution >= 4 is 11.6 Å². The van der Waals surface area contributed by atoms with Crippen molar-refractivity contribution in [2.24, 2.45) is 0 Å². The summed E-state index contributed by atoms with van der Waals surface area (Å²) in [5.41, 5.74) is 2.33. The first kappa shape index (κ1) is 16.4. The number of hydrogen-bond acceptors (Lipinski definition) is 4. The van der Waals surface area contributed by atoms with Gasteiger partial charge in [-0.15, -0.1) is 0 Å². The molecule has 0 spiro atoms. The van der Waals surface area contributed by atoms with Gasteiger partial charge in [-0.25, -0.2) is 0 Å². The average molecular weight is 279 g/mol. The second-order valence-corrected chi connectivity index (χ2v) is 4.76. The zero-order chi connectivity index (χ0) is 15.0. The van der Waals surface area contributed by atoms with Crippen LogP contribution in [0.3, 0.4) is 0 Å². The Bertz CT molecular complexity index is 435. The fourth-order valence-corrected chi connectivity index (χ4v) is 1.97. The van der Waals surface area contributed by atoms with Crippen molar-refractivity contribution < 1.29 is 9.90 Å². The van der Waals surface area contributed by atoms with Crippen LogP contribution < -0.4 is 5.32 Å². The fraction of sp³-hybridized carbons (Fsp3) is 0.600. The molecule has 20 heavy (non-hydrogen) atoms. The van der Waals surface area contributed by atoms with Gasteiger partial charge in [-0.05, 0) is 32.8 Å². The van der Waals surface area contributed by atoms with Gasteiger partial charge in [-0.1, -0.05) is 6.92 Å². The van der Waals surface area contributed by atoms with E-state index >= 15 is 0 Å². The summed E-state index contributed by atoms with van der Waals surface area (Å²) in [6.07, 6.45) is 3.23. The number of nitrogens with zero attached hydrogens (tertiary/aromatic N) is 2. The predicted octanol–water partition coefficient (Wildman–Crippen LogP) is 2.06. The van der Waals surface area contributed by atoms with Crippen molar-refractivity contribution in [2.75, 3.05) is 31.6 Å². The van der Waals surface area contributed by atoms with Gasteiger partial charge in [-0.3, -0.25) is 9.78 Å². The summed E-state index contributed by atoms with van der Waals surface area (Å²) in [6.45, 7) is 8.04. The quantitative estimate of drug-likeness (QED) is 0.764. The Morgan fingerprint density at radius 2 is 2.20 bits per heavy atom. The van der Waals surface area contributed by atoms with E-state index in [9.17, 15) is 4.79 Å². The van der Waals surface area contributed by atoms with Crippen molar-refractivity contribution in [3.8, 4) is 0 Å². The lowest BCUT2D eigenvalue weighted by atomic mass is 10.1. The van der Waals surface area contributed by atoms with E-state index in [1.165, 1.54) is 0 Å². The van der Waals surface area contributed by atoms with E-state index in [1.807, 2.05) is 19.9 Å². The molecule has 0 aromatic carbocycles. The highest BCUT2D eigenvalue weighted by Gasteiger charge is 2.18. The Balaban J connectivity index is 2.94. The molecule has 0 radical (unpaired) electrons. The van der Waals surface area contributed by atoms with Gasteiger partial charge in [0.2, 0.25) is 0 Å². The Morgan fingerprint density at radius 1 is 1.45 bits per heavy atom. The number of amides is 1. The van der Waals surface area contributed by atoms with E-state index in [2.05, 4.69) is 17.2 Å². The monoisotopic (exact) mass is 279 g/mol. The zero-order valence-electron chi connectivity index (χ0n) is 12.6. The number of aliphatic hydroxyl groups is 1. The molecule has 1 amide bonds. The highest BCUT2D eigenvalue weighted by atomic mass is 16.3. The van der Waals surface area contributed by atoms with Crippen molar-refractivity contribution in [3.05, 3.63) is 23.5 Å². The molecule has 1 heterocycles. The summed E-state index contributed by atoms with van der Waals surface area (Å²) in [5, 5.41) is 12.2. The minimum Gasteiger partial charge on any atom is -0.396 e. The summed E-state index contributed by atoms with van der Waals surface area (Å²) in [6, 6.07) is 1.91. The first-order valence-electron chi connectivity index (χ1n) is 7.24. The van der Waals surface area contributed by atoms with Crippen LogP contribution >= 0.6 is 0 Å². The number of aliphatic hydroxyl groups excluding tert-OH is 1. The molecule has 5 nitrogen and oxygen atoms in total. The van der Waals surface area contributed by atoms with Crippen LogP contribution in [0.1, 0.15) is 42.7 Å². The van der Waals surface area contributed by atoms with E-state index in [0.717, 1.165) is 24.3 Å². The molecule has 0 saturated heterocycles. The van der Waals surface area contributed by atoms with Crippen LogP contribution in [-0.2, 0) is 0 Å². The minimum absolute atomic E-state index is 0.0351. The van der Waals surface area contributed by atoms with Gasteiger partial charge in [0.05, 0.1) is 11.3 Å². The number of rotatable bonds is 8. The zero-order valence-corrected chi connectivity index (χ0v) is 12.6. The molecular formula is C15H25N3O2. The summed E-state index contributed by atoms with van der Waals surface area (Å²) >= 11 is 0. The van der Waals surface area contributed by atoms with Crippen molar-refractivity contribution in [2.45, 2.75) is 33.6 Å². The van der Waals surface area contributed by atoms with Crippen LogP contribution in [0.15, 0.2) is 12.3 Å². The molecule has 0 aliphatic carbocycles. The summed E-state index contributed by atoms with van der Waals surface area (Å²) in [7, 11) is 0. The molecule has 0 atom stereocenters. The van der Waals surface area contributed by atoms with Crippen LogP contribution in [0.2, 0.25) is 0 Å². The van der Waals surface area contributed by atoms with E-state index in [0.29, 0.717) is 25.1 Å². The maximum Gasteiger partial charge on any atom is 0.257 e. The summed E-state index contributed by atoms with van der Waals surface area (Å²) in [4.78, 5) is 18.5. The van der Waals surface area contributed by atoms with Crippen LogP contribution in [0.5, 0.6) is 0 Å². The molecule has 5 heteroatoms. The molecule has 0 bridgehead atoms. The first-order valence-corrected chi connectivity index (χ1v) is 7.24. The minimum atomic E-state index is -0.0351. The average Bonchev–Trinajstić information content (AvgIpc) is 2.45. The number of carbonyl (C=O) groups excluding carboxylic acids is 1. The number of hydrogen-bond donors (Lipinski definition) is 2. The van der Waals surface area contributed by atoms with Crippen LogP contribution in [-0.4, -0.2) is 47.1 Å². The van der Waals surface area contributed by atoms with Gasteiger partial charge in [0.15, 0.2) is 0 Å².